The predicted octanol–water partition coefficient (Wildman–Crippen LogP) is 3.04. The summed E-state index contributed by atoms with van der Waals surface area (Å²) in [5, 5.41) is 3.12. The van der Waals surface area contributed by atoms with Gasteiger partial charge >= 0.3 is 5.69 Å². The summed E-state index contributed by atoms with van der Waals surface area (Å²) in [5.41, 5.74) is 0.753. The molecule has 0 spiro atoms. The summed E-state index contributed by atoms with van der Waals surface area (Å²) < 4.78 is 27.5. The molecule has 256 valence electrons. The topological polar surface area (TPSA) is 115 Å². The third-order valence-corrected chi connectivity index (χ3v) is 10.2. The summed E-state index contributed by atoms with van der Waals surface area (Å²) >= 11 is 6.29. The molecule has 2 saturated heterocycles. The molecule has 3 aliphatic heterocycles. The van der Waals surface area contributed by atoms with Crippen LogP contribution in [0.5, 0.6) is 5.75 Å². The molecule has 0 unspecified atom stereocenters. The van der Waals surface area contributed by atoms with E-state index in [0.29, 0.717) is 58.7 Å². The molecule has 3 aliphatic rings. The first kappa shape index (κ1) is 33.9. The van der Waals surface area contributed by atoms with E-state index in [1.165, 1.54) is 29.0 Å². The number of rotatable bonds is 9. The van der Waals surface area contributed by atoms with E-state index in [1.54, 1.807) is 18.9 Å². The molecule has 4 heterocycles. The Morgan fingerprint density at radius 1 is 1.10 bits per heavy atom. The summed E-state index contributed by atoms with van der Waals surface area (Å²) in [7, 11) is 1.63. The van der Waals surface area contributed by atoms with Gasteiger partial charge in [0, 0.05) is 44.0 Å². The van der Waals surface area contributed by atoms with Gasteiger partial charge in [-0.25, -0.2) is 9.18 Å². The summed E-state index contributed by atoms with van der Waals surface area (Å²) in [6.45, 7) is 6.19. The zero-order valence-corrected chi connectivity index (χ0v) is 28.2. The molecule has 2 aromatic carbocycles. The zero-order chi connectivity index (χ0) is 34.2. The van der Waals surface area contributed by atoms with Crippen LogP contribution in [0.15, 0.2) is 52.2 Å². The molecular weight excluding hydrogens is 641 g/mol. The molecule has 1 N–H and O–H groups in total. The average molecular weight is 682 g/mol. The Morgan fingerprint density at radius 2 is 1.85 bits per heavy atom. The van der Waals surface area contributed by atoms with Crippen molar-refractivity contribution in [1.82, 2.24) is 24.3 Å². The quantitative estimate of drug-likeness (QED) is 0.369. The molecule has 2 amide bonds. The van der Waals surface area contributed by atoms with Gasteiger partial charge in [0.05, 0.1) is 48.9 Å². The van der Waals surface area contributed by atoms with E-state index in [2.05, 4.69) is 5.32 Å². The maximum Gasteiger partial charge on any atom is 0.331 e. The average Bonchev–Trinajstić information content (AvgIpc) is 3.23. The number of hydrogen-bond acceptors (Lipinski definition) is 7. The summed E-state index contributed by atoms with van der Waals surface area (Å²) in [6.07, 6.45) is 3.59. The number of amides is 2. The van der Waals surface area contributed by atoms with Gasteiger partial charge in [0.1, 0.15) is 18.1 Å². The number of nitrogens with one attached hydrogen (secondary N) is 1. The smallest absolute Gasteiger partial charge is 0.331 e. The molecule has 13 heteroatoms. The summed E-state index contributed by atoms with van der Waals surface area (Å²) in [4.78, 5) is 58.1. The molecule has 0 bridgehead atoms. The fourth-order valence-electron chi connectivity index (χ4n) is 6.84. The molecule has 3 aromatic rings. The third-order valence-electron chi connectivity index (χ3n) is 9.80. The fourth-order valence-corrected chi connectivity index (χ4v) is 7.07. The lowest BCUT2D eigenvalue weighted by atomic mass is 10.0. The monoisotopic (exact) mass is 681 g/mol. The van der Waals surface area contributed by atoms with Crippen LogP contribution in [0.1, 0.15) is 43.9 Å². The third kappa shape index (κ3) is 6.79. The second-order valence-corrected chi connectivity index (χ2v) is 13.7. The van der Waals surface area contributed by atoms with Crippen LogP contribution in [0.2, 0.25) is 5.02 Å². The lowest BCUT2D eigenvalue weighted by Gasteiger charge is -2.39. The molecule has 0 aliphatic carbocycles. The van der Waals surface area contributed by atoms with E-state index in [1.807, 2.05) is 30.0 Å². The summed E-state index contributed by atoms with van der Waals surface area (Å²) in [6, 6.07) is 9.38. The van der Waals surface area contributed by atoms with E-state index in [4.69, 9.17) is 21.1 Å². The standard InChI is InChI=1S/C35H41ClFN5O6/c1-22(17-38-35(2)20-48-21-35)42-33(45)28(27-5-4-6-29(37)32(27)36)18-40(34(42)46)19-31(44)39-12-10-25(11-13-39)41-14-9-24-15-26(47-3)8-7-23(24)16-30(41)43/h4-8,15,18,22,25,38H,9-14,16-17,19-21H2,1-3H3/t22-/m0/s1. The number of benzene rings is 2. The Bertz CT molecular complexity index is 1830. The molecular formula is C35H41ClFN5O6. The van der Waals surface area contributed by atoms with Crippen LogP contribution < -0.4 is 21.3 Å². The van der Waals surface area contributed by atoms with Crippen molar-refractivity contribution in [3.8, 4) is 16.9 Å². The van der Waals surface area contributed by atoms with Crippen molar-refractivity contribution in [3.63, 3.8) is 0 Å². The number of ether oxygens (including phenoxy) is 2. The van der Waals surface area contributed by atoms with Gasteiger partial charge in [-0.3, -0.25) is 23.5 Å². The van der Waals surface area contributed by atoms with Crippen molar-refractivity contribution >= 4 is 23.4 Å². The van der Waals surface area contributed by atoms with Gasteiger partial charge in [0.2, 0.25) is 11.8 Å². The maximum absolute atomic E-state index is 14.5. The first-order valence-electron chi connectivity index (χ1n) is 16.3. The zero-order valence-electron chi connectivity index (χ0n) is 27.5. The number of aromatic nitrogens is 2. The molecule has 0 saturated carbocycles. The predicted molar refractivity (Wildman–Crippen MR) is 179 cm³/mol. The van der Waals surface area contributed by atoms with Crippen molar-refractivity contribution in [2.24, 2.45) is 0 Å². The van der Waals surface area contributed by atoms with Gasteiger partial charge in [0.15, 0.2) is 0 Å². The molecule has 0 radical (unpaired) electrons. The number of nitrogens with zero attached hydrogens (tertiary/aromatic N) is 4. The van der Waals surface area contributed by atoms with Gasteiger partial charge in [0.25, 0.3) is 5.56 Å². The highest BCUT2D eigenvalue weighted by Crippen LogP contribution is 2.29. The Kier molecular flexibility index (Phi) is 9.78. The van der Waals surface area contributed by atoms with Gasteiger partial charge in [-0.1, -0.05) is 29.8 Å². The van der Waals surface area contributed by atoms with E-state index in [0.717, 1.165) is 27.9 Å². The molecule has 1 atom stereocenters. The molecule has 1 aromatic heterocycles. The first-order chi connectivity index (χ1) is 23.0. The van der Waals surface area contributed by atoms with Crippen LogP contribution in [-0.2, 0) is 33.7 Å². The van der Waals surface area contributed by atoms with Crippen molar-refractivity contribution in [2.75, 3.05) is 46.5 Å². The van der Waals surface area contributed by atoms with Crippen molar-refractivity contribution in [1.29, 1.82) is 0 Å². The normalized spacial score (nSPS) is 18.6. The first-order valence-corrected chi connectivity index (χ1v) is 16.7. The van der Waals surface area contributed by atoms with Crippen LogP contribution in [0.3, 0.4) is 0 Å². The number of halogens is 2. The fraction of sp³-hybridized carbons (Fsp3) is 0.486. The minimum absolute atomic E-state index is 0.000355. The van der Waals surface area contributed by atoms with E-state index in [-0.39, 0.29) is 46.1 Å². The van der Waals surface area contributed by atoms with Gasteiger partial charge in [-0.05, 0) is 62.4 Å². The summed E-state index contributed by atoms with van der Waals surface area (Å²) in [5.74, 6) is -0.144. The van der Waals surface area contributed by atoms with E-state index >= 15 is 0 Å². The maximum atomic E-state index is 14.5. The Balaban J connectivity index is 1.19. The molecule has 6 rings (SSSR count). The largest absolute Gasteiger partial charge is 0.497 e. The van der Waals surface area contributed by atoms with Crippen LogP contribution >= 0.6 is 11.6 Å². The second-order valence-electron chi connectivity index (χ2n) is 13.3. The van der Waals surface area contributed by atoms with Gasteiger partial charge in [-0.15, -0.1) is 0 Å². The van der Waals surface area contributed by atoms with Gasteiger partial charge < -0.3 is 24.6 Å². The van der Waals surface area contributed by atoms with Crippen LogP contribution in [-0.4, -0.2) is 88.8 Å². The number of fused-ring (bicyclic) bond motifs is 1. The van der Waals surface area contributed by atoms with E-state index < -0.39 is 23.1 Å². The van der Waals surface area contributed by atoms with E-state index in [9.17, 15) is 23.6 Å². The molecule has 11 nitrogen and oxygen atoms in total. The Labute approximate surface area is 283 Å². The Morgan fingerprint density at radius 3 is 2.54 bits per heavy atom. The van der Waals surface area contributed by atoms with Crippen molar-refractivity contribution in [3.05, 3.63) is 85.4 Å². The molecule has 48 heavy (non-hydrogen) atoms. The number of carbonyl (C=O) groups excluding carboxylic acids is 2. The Hall–Kier alpha value is -4.00. The van der Waals surface area contributed by atoms with Crippen LogP contribution in [0.4, 0.5) is 4.39 Å². The lowest BCUT2D eigenvalue weighted by Crippen LogP contribution is -2.59. The van der Waals surface area contributed by atoms with Crippen molar-refractivity contribution < 1.29 is 23.5 Å². The minimum Gasteiger partial charge on any atom is -0.497 e. The van der Waals surface area contributed by atoms with Crippen molar-refractivity contribution in [2.45, 2.75) is 63.7 Å². The number of methoxy groups -OCH3 is 1. The highest BCUT2D eigenvalue weighted by Gasteiger charge is 2.34. The molecule has 2 fully saturated rings. The number of likely N-dealkylation sites (tertiary alicyclic amines) is 1. The van der Waals surface area contributed by atoms with Crippen LogP contribution in [0, 0.1) is 5.82 Å². The number of piperidine rings is 1. The van der Waals surface area contributed by atoms with Crippen LogP contribution in [0.25, 0.3) is 11.1 Å². The number of carbonyl (C=O) groups is 2. The highest BCUT2D eigenvalue weighted by atomic mass is 35.5. The second kappa shape index (κ2) is 13.9. The SMILES string of the molecule is COc1ccc2c(c1)CCN(C1CCN(C(=O)Cn3cc(-c4cccc(F)c4Cl)c(=O)n([C@@H](C)CNC4(C)COC4)c3=O)CC1)C(=O)C2. The highest BCUT2D eigenvalue weighted by molar-refractivity contribution is 6.33. The van der Waals surface area contributed by atoms with Gasteiger partial charge in [-0.2, -0.15) is 0 Å². The number of hydrogen-bond donors (Lipinski definition) is 1. The minimum atomic E-state index is -0.698. The lowest BCUT2D eigenvalue weighted by molar-refractivity contribution is -0.136.